The van der Waals surface area contributed by atoms with Crippen LogP contribution in [0.15, 0.2) is 59.5 Å². The highest BCUT2D eigenvalue weighted by molar-refractivity contribution is 9.10. The van der Waals surface area contributed by atoms with E-state index in [0.29, 0.717) is 12.1 Å². The molecule has 1 fully saturated rings. The summed E-state index contributed by atoms with van der Waals surface area (Å²) >= 11 is 3.38. The molecular weight excluding hydrogens is 406 g/mol. The maximum Gasteiger partial charge on any atom is 0.251 e. The number of rotatable bonds is 5. The number of carbonyl (C=O) groups is 1. The lowest BCUT2D eigenvalue weighted by molar-refractivity contribution is 0.0951. The van der Waals surface area contributed by atoms with E-state index < -0.39 is 0 Å². The average molecular weight is 426 g/mol. The van der Waals surface area contributed by atoms with Crippen LogP contribution in [-0.2, 0) is 6.54 Å². The van der Waals surface area contributed by atoms with E-state index in [1.807, 2.05) is 36.7 Å². The van der Waals surface area contributed by atoms with Crippen LogP contribution in [0, 0.1) is 0 Å². The summed E-state index contributed by atoms with van der Waals surface area (Å²) in [6.07, 6.45) is 7.90. The summed E-state index contributed by atoms with van der Waals surface area (Å²) in [6, 6.07) is 11.4. The van der Waals surface area contributed by atoms with Crippen LogP contribution >= 0.6 is 15.9 Å². The van der Waals surface area contributed by atoms with Crippen LogP contribution < -0.4 is 10.2 Å². The van der Waals surface area contributed by atoms with Crippen LogP contribution in [0.5, 0.6) is 0 Å². The number of carbonyl (C=O) groups excluding carboxylic acids is 1. The number of anilines is 1. The van der Waals surface area contributed by atoms with Gasteiger partial charge in [-0.1, -0.05) is 6.07 Å². The number of hydrogen-bond donors (Lipinski definition) is 1. The van der Waals surface area contributed by atoms with E-state index in [0.717, 1.165) is 34.6 Å². The molecule has 0 radical (unpaired) electrons. The molecule has 1 aromatic carbocycles. The minimum atomic E-state index is -0.105. The minimum absolute atomic E-state index is 0.105. The van der Waals surface area contributed by atoms with E-state index in [-0.39, 0.29) is 5.91 Å². The van der Waals surface area contributed by atoms with Gasteiger partial charge in [0, 0.05) is 37.6 Å². The zero-order valence-electron chi connectivity index (χ0n) is 14.8. The van der Waals surface area contributed by atoms with E-state index in [4.69, 9.17) is 0 Å². The molecule has 2 aromatic heterocycles. The van der Waals surface area contributed by atoms with E-state index in [2.05, 4.69) is 36.2 Å². The van der Waals surface area contributed by atoms with Gasteiger partial charge in [0.15, 0.2) is 0 Å². The quantitative estimate of drug-likeness (QED) is 0.678. The molecule has 138 valence electrons. The highest BCUT2D eigenvalue weighted by Gasteiger charge is 2.13. The largest absolute Gasteiger partial charge is 0.357 e. The molecule has 1 N–H and O–H groups in total. The highest BCUT2D eigenvalue weighted by atomic mass is 79.9. The number of hydrogen-bond acceptors (Lipinski definition) is 4. The molecule has 4 rings (SSSR count). The van der Waals surface area contributed by atoms with Crippen molar-refractivity contribution < 1.29 is 4.79 Å². The Labute approximate surface area is 166 Å². The number of aromatic nitrogens is 3. The highest BCUT2D eigenvalue weighted by Crippen LogP contribution is 2.17. The van der Waals surface area contributed by atoms with Gasteiger partial charge in [-0.05, 0) is 64.7 Å². The van der Waals surface area contributed by atoms with Gasteiger partial charge in [-0.2, -0.15) is 5.10 Å². The van der Waals surface area contributed by atoms with E-state index in [1.54, 1.807) is 23.0 Å². The number of pyridine rings is 1. The van der Waals surface area contributed by atoms with Gasteiger partial charge in [0.05, 0.1) is 16.4 Å². The molecule has 0 spiro atoms. The smallest absolute Gasteiger partial charge is 0.251 e. The molecule has 1 aliphatic rings. The first kappa shape index (κ1) is 17.7. The summed E-state index contributed by atoms with van der Waals surface area (Å²) in [4.78, 5) is 19.2. The van der Waals surface area contributed by atoms with Crippen LogP contribution in [0.1, 0.15) is 28.8 Å². The van der Waals surface area contributed by atoms with Crippen molar-refractivity contribution in [1.29, 1.82) is 0 Å². The van der Waals surface area contributed by atoms with Crippen LogP contribution in [0.3, 0.4) is 0 Å². The topological polar surface area (TPSA) is 63.1 Å². The van der Waals surface area contributed by atoms with Crippen molar-refractivity contribution in [3.8, 4) is 5.69 Å². The summed E-state index contributed by atoms with van der Waals surface area (Å²) in [5.74, 6) is 0.912. The first-order valence-electron chi connectivity index (χ1n) is 8.98. The van der Waals surface area contributed by atoms with Gasteiger partial charge in [0.1, 0.15) is 5.82 Å². The van der Waals surface area contributed by atoms with Crippen molar-refractivity contribution in [2.24, 2.45) is 0 Å². The standard InChI is InChI=1S/C20H20BrN5O/c21-17-13-24-26(14-17)18-6-4-16(5-7-18)20(27)23-12-15-3-8-19(22-11-15)25-9-1-2-10-25/h3-8,11,13-14H,1-2,9-10,12H2,(H,23,27). The number of halogens is 1. The van der Waals surface area contributed by atoms with E-state index in [9.17, 15) is 4.79 Å². The van der Waals surface area contributed by atoms with E-state index in [1.165, 1.54) is 12.8 Å². The molecule has 0 unspecified atom stereocenters. The molecule has 0 aliphatic carbocycles. The SMILES string of the molecule is O=C(NCc1ccc(N2CCCC2)nc1)c1ccc(-n2cc(Br)cn2)cc1. The fourth-order valence-corrected chi connectivity index (χ4v) is 3.43. The van der Waals surface area contributed by atoms with Gasteiger partial charge >= 0.3 is 0 Å². The summed E-state index contributed by atoms with van der Waals surface area (Å²) in [7, 11) is 0. The third kappa shape index (κ3) is 4.19. The zero-order chi connectivity index (χ0) is 18.6. The van der Waals surface area contributed by atoms with Crippen molar-refractivity contribution in [1.82, 2.24) is 20.1 Å². The Morgan fingerprint density at radius 1 is 1.07 bits per heavy atom. The molecule has 3 aromatic rings. The predicted octanol–water partition coefficient (Wildman–Crippen LogP) is 3.56. The Kier molecular flexibility index (Phi) is 5.20. The molecule has 1 amide bonds. The first-order valence-corrected chi connectivity index (χ1v) is 9.77. The Morgan fingerprint density at radius 3 is 2.48 bits per heavy atom. The summed E-state index contributed by atoms with van der Waals surface area (Å²) < 4.78 is 2.66. The first-order chi connectivity index (χ1) is 13.2. The molecule has 0 saturated carbocycles. The average Bonchev–Trinajstić information content (AvgIpc) is 3.39. The number of nitrogens with one attached hydrogen (secondary N) is 1. The van der Waals surface area contributed by atoms with E-state index >= 15 is 0 Å². The fourth-order valence-electron chi connectivity index (χ4n) is 3.15. The molecule has 1 saturated heterocycles. The second-order valence-corrected chi connectivity index (χ2v) is 7.47. The van der Waals surface area contributed by atoms with Gasteiger partial charge in [-0.25, -0.2) is 9.67 Å². The normalized spacial score (nSPS) is 13.7. The summed E-state index contributed by atoms with van der Waals surface area (Å²) in [5.41, 5.74) is 2.51. The molecule has 6 nitrogen and oxygen atoms in total. The number of nitrogens with zero attached hydrogens (tertiary/aromatic N) is 4. The lowest BCUT2D eigenvalue weighted by atomic mass is 10.2. The van der Waals surface area contributed by atoms with Crippen molar-refractivity contribution in [2.75, 3.05) is 18.0 Å². The van der Waals surface area contributed by atoms with Crippen molar-refractivity contribution in [3.63, 3.8) is 0 Å². The van der Waals surface area contributed by atoms with Crippen LogP contribution in [0.4, 0.5) is 5.82 Å². The van der Waals surface area contributed by atoms with Crippen molar-refractivity contribution in [2.45, 2.75) is 19.4 Å². The second kappa shape index (κ2) is 7.92. The third-order valence-corrected chi connectivity index (χ3v) is 5.05. The molecule has 1 aliphatic heterocycles. The Bertz CT molecular complexity index is 914. The molecule has 3 heterocycles. The lowest BCUT2D eigenvalue weighted by Crippen LogP contribution is -2.23. The van der Waals surface area contributed by atoms with Crippen molar-refractivity contribution in [3.05, 3.63) is 70.6 Å². The zero-order valence-corrected chi connectivity index (χ0v) is 16.4. The Balaban J connectivity index is 1.35. The molecule has 0 atom stereocenters. The number of benzene rings is 1. The van der Waals surface area contributed by atoms with Crippen LogP contribution in [-0.4, -0.2) is 33.8 Å². The van der Waals surface area contributed by atoms with Gasteiger partial charge < -0.3 is 10.2 Å². The van der Waals surface area contributed by atoms with Gasteiger partial charge in [-0.3, -0.25) is 4.79 Å². The predicted molar refractivity (Wildman–Crippen MR) is 108 cm³/mol. The Hall–Kier alpha value is -2.67. The van der Waals surface area contributed by atoms with Gasteiger partial charge in [0.25, 0.3) is 5.91 Å². The summed E-state index contributed by atoms with van der Waals surface area (Å²) in [5, 5.41) is 7.18. The van der Waals surface area contributed by atoms with Crippen LogP contribution in [0.25, 0.3) is 5.69 Å². The molecular formula is C20H20BrN5O. The number of amides is 1. The Morgan fingerprint density at radius 2 is 1.85 bits per heavy atom. The monoisotopic (exact) mass is 425 g/mol. The molecule has 0 bridgehead atoms. The second-order valence-electron chi connectivity index (χ2n) is 6.55. The van der Waals surface area contributed by atoms with Crippen molar-refractivity contribution >= 4 is 27.7 Å². The van der Waals surface area contributed by atoms with Gasteiger partial charge in [-0.15, -0.1) is 0 Å². The van der Waals surface area contributed by atoms with Gasteiger partial charge in [0.2, 0.25) is 0 Å². The third-order valence-electron chi connectivity index (χ3n) is 4.64. The fraction of sp³-hybridized carbons (Fsp3) is 0.250. The minimum Gasteiger partial charge on any atom is -0.357 e. The molecule has 7 heteroatoms. The lowest BCUT2D eigenvalue weighted by Gasteiger charge is -2.16. The maximum atomic E-state index is 12.4. The van der Waals surface area contributed by atoms with Crippen LogP contribution in [0.2, 0.25) is 0 Å². The summed E-state index contributed by atoms with van der Waals surface area (Å²) in [6.45, 7) is 2.61. The molecule has 27 heavy (non-hydrogen) atoms. The maximum absolute atomic E-state index is 12.4.